The van der Waals surface area contributed by atoms with Gasteiger partial charge in [-0.05, 0) is 17.7 Å². The summed E-state index contributed by atoms with van der Waals surface area (Å²) in [5, 5.41) is 9.81. The first-order chi connectivity index (χ1) is 7.76. The zero-order valence-electron chi connectivity index (χ0n) is 8.71. The van der Waals surface area contributed by atoms with E-state index in [1.54, 1.807) is 24.8 Å². The zero-order valence-corrected chi connectivity index (χ0v) is 9.53. The van der Waals surface area contributed by atoms with Crippen LogP contribution < -0.4 is 5.73 Å². The van der Waals surface area contributed by atoms with Gasteiger partial charge in [0.05, 0.1) is 15.7 Å². The van der Waals surface area contributed by atoms with Gasteiger partial charge in [-0.2, -0.15) is 0 Å². The van der Waals surface area contributed by atoms with Crippen LogP contribution in [-0.4, -0.2) is 23.4 Å². The lowest BCUT2D eigenvalue weighted by molar-refractivity contribution is 0.482. The number of phenols is 1. The summed E-state index contributed by atoms with van der Waals surface area (Å²) in [5.74, 6) is 0.221. The largest absolute Gasteiger partial charge is 0.506 e. The van der Waals surface area contributed by atoms with Gasteiger partial charge in [-0.1, -0.05) is 0 Å². The van der Waals surface area contributed by atoms with Gasteiger partial charge in [0, 0.05) is 25.0 Å². The Hall–Kier alpha value is -1.88. The van der Waals surface area contributed by atoms with Crippen molar-refractivity contribution in [3.8, 4) is 5.75 Å². The molecule has 0 unspecified atom stereocenters. The normalized spacial score (nSPS) is 12.7. The summed E-state index contributed by atoms with van der Waals surface area (Å²) in [4.78, 5) is 8.07. The number of allylic oxidation sites excluding steroid dienone is 1. The minimum absolute atomic E-state index is 0.221. The third-order valence-corrected chi connectivity index (χ3v) is 3.06. The van der Waals surface area contributed by atoms with Crippen LogP contribution >= 0.6 is 11.3 Å². The van der Waals surface area contributed by atoms with E-state index >= 15 is 0 Å². The Bertz CT molecular complexity index is 572. The van der Waals surface area contributed by atoms with Gasteiger partial charge in [-0.15, -0.1) is 11.3 Å². The molecule has 0 saturated heterocycles. The first kappa shape index (κ1) is 10.6. The highest BCUT2D eigenvalue weighted by Crippen LogP contribution is 2.31. The summed E-state index contributed by atoms with van der Waals surface area (Å²) in [6.45, 7) is 0. The van der Waals surface area contributed by atoms with Crippen molar-refractivity contribution in [2.75, 3.05) is 7.05 Å². The standard InChI is InChI=1S/C11H11N3OS/c1-13-5-8(4-12)7-2-9-11(10(15)3-7)16-6-14-9/h2-6,15H,12H2,1H3/b8-4+,13-5?. The van der Waals surface area contributed by atoms with Crippen LogP contribution in [0, 0.1) is 0 Å². The molecule has 0 atom stereocenters. The van der Waals surface area contributed by atoms with Crippen molar-refractivity contribution in [2.45, 2.75) is 0 Å². The second-order valence-corrected chi connectivity index (χ2v) is 4.06. The molecule has 0 aliphatic heterocycles. The Morgan fingerprint density at radius 3 is 3.06 bits per heavy atom. The average molecular weight is 233 g/mol. The molecule has 5 heteroatoms. The predicted octanol–water partition coefficient (Wildman–Crippen LogP) is 2.00. The first-order valence-electron chi connectivity index (χ1n) is 4.67. The summed E-state index contributed by atoms with van der Waals surface area (Å²) < 4.78 is 0.786. The van der Waals surface area contributed by atoms with E-state index in [1.807, 2.05) is 6.07 Å². The molecule has 0 amide bonds. The highest BCUT2D eigenvalue weighted by Gasteiger charge is 2.07. The van der Waals surface area contributed by atoms with Crippen LogP contribution in [0.15, 0.2) is 28.8 Å². The van der Waals surface area contributed by atoms with Crippen LogP contribution in [-0.2, 0) is 0 Å². The van der Waals surface area contributed by atoms with E-state index in [0.29, 0.717) is 0 Å². The SMILES string of the molecule is CN=C/C(=C\N)c1cc(O)c2scnc2c1. The van der Waals surface area contributed by atoms with Crippen molar-refractivity contribution in [3.63, 3.8) is 0 Å². The Balaban J connectivity index is 2.61. The predicted molar refractivity (Wildman–Crippen MR) is 67.9 cm³/mol. The van der Waals surface area contributed by atoms with Gasteiger partial charge in [0.25, 0.3) is 0 Å². The van der Waals surface area contributed by atoms with Gasteiger partial charge >= 0.3 is 0 Å². The number of fused-ring (bicyclic) bond motifs is 1. The fraction of sp³-hybridized carbons (Fsp3) is 0.0909. The maximum absolute atomic E-state index is 9.81. The molecule has 0 saturated carbocycles. The maximum atomic E-state index is 9.81. The molecular formula is C11H11N3OS. The molecule has 0 bridgehead atoms. The van der Waals surface area contributed by atoms with Crippen molar-refractivity contribution in [3.05, 3.63) is 29.4 Å². The molecule has 0 aliphatic carbocycles. The van der Waals surface area contributed by atoms with Crippen LogP contribution in [0.3, 0.4) is 0 Å². The summed E-state index contributed by atoms with van der Waals surface area (Å²) in [5.41, 5.74) is 9.54. The smallest absolute Gasteiger partial charge is 0.135 e. The van der Waals surface area contributed by atoms with Gasteiger partial charge in [0.1, 0.15) is 5.75 Å². The van der Waals surface area contributed by atoms with Gasteiger partial charge in [0.2, 0.25) is 0 Å². The monoisotopic (exact) mass is 233 g/mol. The number of rotatable bonds is 2. The van der Waals surface area contributed by atoms with Crippen LogP contribution in [0.5, 0.6) is 5.75 Å². The Labute approximate surface area is 96.8 Å². The van der Waals surface area contributed by atoms with Crippen molar-refractivity contribution in [1.29, 1.82) is 0 Å². The average Bonchev–Trinajstić information content (AvgIpc) is 2.74. The van der Waals surface area contributed by atoms with E-state index in [0.717, 1.165) is 21.4 Å². The van der Waals surface area contributed by atoms with Gasteiger partial charge in [-0.3, -0.25) is 4.99 Å². The zero-order chi connectivity index (χ0) is 11.5. The molecule has 4 nitrogen and oxygen atoms in total. The van der Waals surface area contributed by atoms with Gasteiger partial charge < -0.3 is 10.8 Å². The number of hydrogen-bond donors (Lipinski definition) is 2. The van der Waals surface area contributed by atoms with E-state index in [2.05, 4.69) is 9.98 Å². The molecule has 0 fully saturated rings. The molecule has 0 radical (unpaired) electrons. The lowest BCUT2D eigenvalue weighted by atomic mass is 10.1. The highest BCUT2D eigenvalue weighted by atomic mass is 32.1. The molecule has 2 rings (SSSR count). The van der Waals surface area contributed by atoms with Crippen LogP contribution in [0.4, 0.5) is 0 Å². The maximum Gasteiger partial charge on any atom is 0.135 e. The van der Waals surface area contributed by atoms with E-state index in [9.17, 15) is 5.11 Å². The molecule has 3 N–H and O–H groups in total. The summed E-state index contributed by atoms with van der Waals surface area (Å²) >= 11 is 1.41. The molecule has 0 spiro atoms. The number of nitrogens with zero attached hydrogens (tertiary/aromatic N) is 2. The minimum Gasteiger partial charge on any atom is -0.506 e. The summed E-state index contributed by atoms with van der Waals surface area (Å²) in [6.07, 6.45) is 3.10. The molecule has 1 heterocycles. The Morgan fingerprint density at radius 1 is 1.56 bits per heavy atom. The molecule has 1 aromatic heterocycles. The Morgan fingerprint density at radius 2 is 2.38 bits per heavy atom. The lowest BCUT2D eigenvalue weighted by Gasteiger charge is -2.02. The second-order valence-electron chi connectivity index (χ2n) is 3.21. The third-order valence-electron chi connectivity index (χ3n) is 2.19. The number of aliphatic imine (C=N–C) groups is 1. The van der Waals surface area contributed by atoms with E-state index in [-0.39, 0.29) is 5.75 Å². The summed E-state index contributed by atoms with van der Waals surface area (Å²) in [7, 11) is 1.67. The summed E-state index contributed by atoms with van der Waals surface area (Å²) in [6, 6.07) is 3.55. The molecule has 16 heavy (non-hydrogen) atoms. The number of hydrogen-bond acceptors (Lipinski definition) is 5. The van der Waals surface area contributed by atoms with Crippen LogP contribution in [0.2, 0.25) is 0 Å². The third kappa shape index (κ3) is 1.77. The fourth-order valence-corrected chi connectivity index (χ4v) is 2.15. The van der Waals surface area contributed by atoms with Crippen molar-refractivity contribution in [1.82, 2.24) is 4.98 Å². The molecule has 0 aliphatic rings. The second kappa shape index (κ2) is 4.32. The number of aromatic nitrogens is 1. The number of nitrogens with two attached hydrogens (primary N) is 1. The van der Waals surface area contributed by atoms with Crippen molar-refractivity contribution >= 4 is 33.3 Å². The van der Waals surface area contributed by atoms with Crippen molar-refractivity contribution < 1.29 is 5.11 Å². The van der Waals surface area contributed by atoms with Gasteiger partial charge in [0.15, 0.2) is 0 Å². The number of aromatic hydroxyl groups is 1. The number of thiazole rings is 1. The molecular weight excluding hydrogens is 222 g/mol. The molecule has 2 aromatic rings. The van der Waals surface area contributed by atoms with E-state index in [1.165, 1.54) is 17.5 Å². The van der Waals surface area contributed by atoms with Crippen molar-refractivity contribution in [2.24, 2.45) is 10.7 Å². The van der Waals surface area contributed by atoms with Gasteiger partial charge in [-0.25, -0.2) is 4.98 Å². The first-order valence-corrected chi connectivity index (χ1v) is 5.55. The minimum atomic E-state index is 0.221. The fourth-order valence-electron chi connectivity index (χ4n) is 1.47. The molecule has 82 valence electrons. The van der Waals surface area contributed by atoms with E-state index < -0.39 is 0 Å². The number of phenolic OH excluding ortho intramolecular Hbond substituents is 1. The molecule has 1 aromatic carbocycles. The van der Waals surface area contributed by atoms with Crippen LogP contribution in [0.1, 0.15) is 5.56 Å². The van der Waals surface area contributed by atoms with Crippen LogP contribution in [0.25, 0.3) is 15.8 Å². The highest BCUT2D eigenvalue weighted by molar-refractivity contribution is 7.17. The quantitative estimate of drug-likeness (QED) is 0.779. The Kier molecular flexibility index (Phi) is 2.87. The number of benzene rings is 1. The topological polar surface area (TPSA) is 71.5 Å². The van der Waals surface area contributed by atoms with E-state index in [4.69, 9.17) is 5.73 Å². The lowest BCUT2D eigenvalue weighted by Crippen LogP contribution is -1.91.